The van der Waals surface area contributed by atoms with E-state index in [1.807, 2.05) is 12.2 Å². The number of aliphatic hydroxyl groups is 1. The van der Waals surface area contributed by atoms with Gasteiger partial charge in [0.15, 0.2) is 0 Å². The minimum Gasteiger partial charge on any atom is -0.481 e. The third-order valence-corrected chi connectivity index (χ3v) is 3.72. The maximum Gasteiger partial charge on any atom is 0.310 e. The molecule has 2 bridgehead atoms. The van der Waals surface area contributed by atoms with E-state index in [-0.39, 0.29) is 38.3 Å². The van der Waals surface area contributed by atoms with Crippen molar-refractivity contribution in [1.29, 1.82) is 0 Å². The molecule has 4 unspecified atom stereocenters. The van der Waals surface area contributed by atoms with Gasteiger partial charge in [-0.3, -0.25) is 9.59 Å². The Morgan fingerprint density at radius 1 is 1.11 bits per heavy atom. The van der Waals surface area contributed by atoms with Crippen molar-refractivity contribution in [2.45, 2.75) is 6.42 Å². The summed E-state index contributed by atoms with van der Waals surface area (Å²) in [7, 11) is 0. The Balaban J connectivity index is 1.84. The van der Waals surface area contributed by atoms with Crippen LogP contribution in [0, 0.1) is 23.7 Å². The second kappa shape index (κ2) is 6.16. The number of allylic oxidation sites excluding steroid dienone is 2. The second-order valence-corrected chi connectivity index (χ2v) is 4.84. The van der Waals surface area contributed by atoms with Gasteiger partial charge in [0.2, 0.25) is 0 Å². The number of esters is 1. The van der Waals surface area contributed by atoms with Gasteiger partial charge in [-0.15, -0.1) is 0 Å². The number of hydrogen-bond donors (Lipinski definition) is 2. The molecule has 0 saturated heterocycles. The zero-order valence-corrected chi connectivity index (χ0v) is 10.5. The smallest absolute Gasteiger partial charge is 0.310 e. The summed E-state index contributed by atoms with van der Waals surface area (Å²) in [4.78, 5) is 23.2. The predicted molar refractivity (Wildman–Crippen MR) is 64.2 cm³/mol. The van der Waals surface area contributed by atoms with Crippen molar-refractivity contribution in [2.75, 3.05) is 26.4 Å². The van der Waals surface area contributed by atoms with E-state index in [2.05, 4.69) is 0 Å². The summed E-state index contributed by atoms with van der Waals surface area (Å²) in [5.41, 5.74) is 0. The van der Waals surface area contributed by atoms with Crippen LogP contribution in [0.3, 0.4) is 0 Å². The van der Waals surface area contributed by atoms with Gasteiger partial charge in [0.25, 0.3) is 0 Å². The molecule has 0 aromatic rings. The van der Waals surface area contributed by atoms with Gasteiger partial charge in [-0.1, -0.05) is 12.2 Å². The first-order chi connectivity index (χ1) is 9.15. The summed E-state index contributed by atoms with van der Waals surface area (Å²) in [5.74, 6) is -2.71. The van der Waals surface area contributed by atoms with E-state index in [0.29, 0.717) is 0 Å². The number of carbonyl (C=O) groups is 2. The van der Waals surface area contributed by atoms with Crippen LogP contribution in [0.4, 0.5) is 0 Å². The molecule has 1 saturated carbocycles. The molecule has 0 radical (unpaired) electrons. The number of aliphatic hydroxyl groups excluding tert-OH is 1. The van der Waals surface area contributed by atoms with Gasteiger partial charge in [0.1, 0.15) is 6.61 Å². The molecular formula is C13H18O6. The SMILES string of the molecule is O=C(O)C1C2C=CC(C2)C1C(=O)OCCOCCO. The van der Waals surface area contributed by atoms with Crippen LogP contribution in [0.15, 0.2) is 12.2 Å². The Bertz CT molecular complexity index is 377. The van der Waals surface area contributed by atoms with Gasteiger partial charge >= 0.3 is 11.9 Å². The fourth-order valence-corrected chi connectivity index (χ4v) is 2.94. The fourth-order valence-electron chi connectivity index (χ4n) is 2.94. The monoisotopic (exact) mass is 270 g/mol. The molecular weight excluding hydrogens is 252 g/mol. The number of fused-ring (bicyclic) bond motifs is 2. The lowest BCUT2D eigenvalue weighted by atomic mass is 9.83. The normalized spacial score (nSPS) is 31.6. The molecule has 1 fully saturated rings. The Labute approximate surface area is 111 Å². The van der Waals surface area contributed by atoms with Crippen molar-refractivity contribution in [2.24, 2.45) is 23.7 Å². The topological polar surface area (TPSA) is 93.1 Å². The molecule has 2 rings (SSSR count). The van der Waals surface area contributed by atoms with Gasteiger partial charge < -0.3 is 19.7 Å². The highest BCUT2D eigenvalue weighted by molar-refractivity contribution is 5.83. The lowest BCUT2D eigenvalue weighted by molar-refractivity contribution is -0.159. The van der Waals surface area contributed by atoms with Crippen LogP contribution in [0.25, 0.3) is 0 Å². The molecule has 0 aromatic carbocycles. The Morgan fingerprint density at radius 2 is 1.79 bits per heavy atom. The van der Waals surface area contributed by atoms with Gasteiger partial charge in [-0.25, -0.2) is 0 Å². The number of hydrogen-bond acceptors (Lipinski definition) is 5. The number of aliphatic carboxylic acids is 1. The van der Waals surface area contributed by atoms with Crippen molar-refractivity contribution >= 4 is 11.9 Å². The molecule has 0 spiro atoms. The van der Waals surface area contributed by atoms with Crippen molar-refractivity contribution in [3.63, 3.8) is 0 Å². The number of carbonyl (C=O) groups excluding carboxylic acids is 1. The summed E-state index contributed by atoms with van der Waals surface area (Å²) in [6.45, 7) is 0.418. The highest BCUT2D eigenvalue weighted by atomic mass is 16.6. The minimum atomic E-state index is -0.935. The Hall–Kier alpha value is -1.40. The second-order valence-electron chi connectivity index (χ2n) is 4.84. The number of carboxylic acid groups (broad SMARTS) is 1. The fraction of sp³-hybridized carbons (Fsp3) is 0.692. The van der Waals surface area contributed by atoms with Crippen molar-refractivity contribution in [3.05, 3.63) is 12.2 Å². The molecule has 4 atom stereocenters. The number of rotatable bonds is 7. The van der Waals surface area contributed by atoms with Crippen LogP contribution in [0.2, 0.25) is 0 Å². The Kier molecular flexibility index (Phi) is 4.55. The largest absolute Gasteiger partial charge is 0.481 e. The highest BCUT2D eigenvalue weighted by Gasteiger charge is 2.52. The maximum absolute atomic E-state index is 12.0. The van der Waals surface area contributed by atoms with Gasteiger partial charge in [-0.2, -0.15) is 0 Å². The summed E-state index contributed by atoms with van der Waals surface area (Å²) >= 11 is 0. The molecule has 6 nitrogen and oxygen atoms in total. The van der Waals surface area contributed by atoms with E-state index in [1.165, 1.54) is 0 Å². The first-order valence-electron chi connectivity index (χ1n) is 6.41. The highest BCUT2D eigenvalue weighted by Crippen LogP contribution is 2.48. The zero-order valence-electron chi connectivity index (χ0n) is 10.5. The molecule has 0 aromatic heterocycles. The lowest BCUT2D eigenvalue weighted by Gasteiger charge is -2.22. The van der Waals surface area contributed by atoms with Crippen LogP contribution in [0.5, 0.6) is 0 Å². The molecule has 2 aliphatic rings. The van der Waals surface area contributed by atoms with E-state index in [0.717, 1.165) is 6.42 Å². The van der Waals surface area contributed by atoms with Crippen LogP contribution in [-0.2, 0) is 19.1 Å². The van der Waals surface area contributed by atoms with Crippen LogP contribution in [0.1, 0.15) is 6.42 Å². The molecule has 2 N–H and O–H groups in total. The quantitative estimate of drug-likeness (QED) is 0.386. The molecule has 0 aliphatic heterocycles. The van der Waals surface area contributed by atoms with Crippen molar-refractivity contribution in [1.82, 2.24) is 0 Å². The van der Waals surface area contributed by atoms with E-state index in [1.54, 1.807) is 0 Å². The van der Waals surface area contributed by atoms with Crippen LogP contribution >= 0.6 is 0 Å². The summed E-state index contributed by atoms with van der Waals surface area (Å²) in [5, 5.41) is 17.7. The predicted octanol–water partition coefficient (Wildman–Crippen LogP) is 0.0614. The molecule has 0 amide bonds. The average molecular weight is 270 g/mol. The van der Waals surface area contributed by atoms with E-state index in [4.69, 9.17) is 14.6 Å². The molecule has 2 aliphatic carbocycles. The molecule has 0 heterocycles. The van der Waals surface area contributed by atoms with Gasteiger partial charge in [0.05, 0.1) is 31.7 Å². The summed E-state index contributed by atoms with van der Waals surface area (Å²) in [6.07, 6.45) is 4.52. The minimum absolute atomic E-state index is 0.0167. The molecule has 19 heavy (non-hydrogen) atoms. The van der Waals surface area contributed by atoms with Gasteiger partial charge in [0, 0.05) is 0 Å². The van der Waals surface area contributed by atoms with Crippen LogP contribution in [-0.4, -0.2) is 48.6 Å². The number of ether oxygens (including phenoxy) is 2. The van der Waals surface area contributed by atoms with Crippen LogP contribution < -0.4 is 0 Å². The first-order valence-corrected chi connectivity index (χ1v) is 6.41. The average Bonchev–Trinajstić information content (AvgIpc) is 2.98. The van der Waals surface area contributed by atoms with Crippen molar-refractivity contribution in [3.8, 4) is 0 Å². The van der Waals surface area contributed by atoms with E-state index in [9.17, 15) is 14.7 Å². The van der Waals surface area contributed by atoms with Crippen molar-refractivity contribution < 1.29 is 29.3 Å². The third-order valence-electron chi connectivity index (χ3n) is 3.72. The zero-order chi connectivity index (χ0) is 13.8. The third kappa shape index (κ3) is 2.96. The van der Waals surface area contributed by atoms with Gasteiger partial charge in [-0.05, 0) is 18.3 Å². The molecule has 6 heteroatoms. The summed E-state index contributed by atoms with van der Waals surface area (Å²) < 4.78 is 10.0. The van der Waals surface area contributed by atoms with E-state index >= 15 is 0 Å². The van der Waals surface area contributed by atoms with E-state index < -0.39 is 23.8 Å². The summed E-state index contributed by atoms with van der Waals surface area (Å²) in [6, 6.07) is 0. The standard InChI is InChI=1S/C13H18O6/c14-3-4-18-5-6-19-13(17)11-9-2-1-8(7-9)10(11)12(15)16/h1-2,8-11,14H,3-7H2,(H,15,16). The Morgan fingerprint density at radius 3 is 2.42 bits per heavy atom. The maximum atomic E-state index is 12.0. The lowest BCUT2D eigenvalue weighted by Crippen LogP contribution is -2.34. The first kappa shape index (κ1) is 14.0. The number of carboxylic acids is 1. The molecule has 106 valence electrons.